The van der Waals surface area contributed by atoms with Crippen molar-refractivity contribution in [3.8, 4) is 22.3 Å². The summed E-state index contributed by atoms with van der Waals surface area (Å²) >= 11 is 0. The summed E-state index contributed by atoms with van der Waals surface area (Å²) in [7, 11) is 0. The van der Waals surface area contributed by atoms with E-state index in [-0.39, 0.29) is 0 Å². The molecule has 0 radical (unpaired) electrons. The van der Waals surface area contributed by atoms with E-state index in [1.165, 1.54) is 0 Å². The summed E-state index contributed by atoms with van der Waals surface area (Å²) in [6.45, 7) is 0. The fourth-order valence-electron chi connectivity index (χ4n) is 6.49. The van der Waals surface area contributed by atoms with Crippen LogP contribution in [-0.4, -0.2) is 0 Å². The number of rotatable bonds is 5. The maximum absolute atomic E-state index is 6.30. The molecule has 0 aliphatic carbocycles. The van der Waals surface area contributed by atoms with E-state index < -0.39 is 0 Å². The summed E-state index contributed by atoms with van der Waals surface area (Å²) in [6, 6.07) is 57.4. The van der Waals surface area contributed by atoms with E-state index in [1.54, 1.807) is 0 Å². The van der Waals surface area contributed by atoms with Crippen LogP contribution in [0.3, 0.4) is 0 Å². The highest BCUT2D eigenvalue weighted by atomic mass is 16.3. The molecule has 212 valence electrons. The van der Waals surface area contributed by atoms with E-state index >= 15 is 0 Å². The van der Waals surface area contributed by atoms with Crippen molar-refractivity contribution in [3.63, 3.8) is 0 Å². The zero-order valence-electron chi connectivity index (χ0n) is 24.4. The summed E-state index contributed by atoms with van der Waals surface area (Å²) < 4.78 is 12.6. The van der Waals surface area contributed by atoms with Gasteiger partial charge in [0.2, 0.25) is 0 Å². The van der Waals surface area contributed by atoms with Crippen molar-refractivity contribution in [2.75, 3.05) is 4.90 Å². The normalized spacial score (nSPS) is 11.6. The average Bonchev–Trinajstić information content (AvgIpc) is 3.67. The van der Waals surface area contributed by atoms with E-state index in [0.29, 0.717) is 0 Å². The molecule has 45 heavy (non-hydrogen) atoms. The van der Waals surface area contributed by atoms with Gasteiger partial charge in [-0.25, -0.2) is 0 Å². The number of hydrogen-bond acceptors (Lipinski definition) is 3. The van der Waals surface area contributed by atoms with E-state index in [2.05, 4.69) is 144 Å². The number of nitrogens with zero attached hydrogens (tertiary/aromatic N) is 1. The monoisotopic (exact) mass is 577 g/mol. The highest BCUT2D eigenvalue weighted by molar-refractivity contribution is 6.07. The zero-order valence-corrected chi connectivity index (χ0v) is 24.4. The first-order valence-electron chi connectivity index (χ1n) is 15.2. The predicted octanol–water partition coefficient (Wildman–Crippen LogP) is 12.3. The molecule has 0 atom stereocenters. The molecule has 0 saturated carbocycles. The van der Waals surface area contributed by atoms with Gasteiger partial charge in [0, 0.05) is 38.6 Å². The number of furan rings is 2. The summed E-state index contributed by atoms with van der Waals surface area (Å²) in [4.78, 5) is 2.31. The Balaban J connectivity index is 1.27. The average molecular weight is 578 g/mol. The zero-order chi connectivity index (χ0) is 29.7. The summed E-state index contributed by atoms with van der Waals surface area (Å²) in [5.41, 5.74) is 11.2. The lowest BCUT2D eigenvalue weighted by Crippen LogP contribution is -2.10. The summed E-state index contributed by atoms with van der Waals surface area (Å²) in [5.74, 6) is 0. The van der Waals surface area contributed by atoms with Crippen LogP contribution in [0.4, 0.5) is 17.1 Å². The van der Waals surface area contributed by atoms with Gasteiger partial charge < -0.3 is 13.7 Å². The molecule has 7 aromatic carbocycles. The molecule has 0 N–H and O–H groups in total. The molecule has 0 aliphatic rings. The standard InChI is InChI=1S/C42H27NO2/c1-3-11-32(12-4-1)43(33-13-5-2-6-14-33)34-24-30(28-19-21-37-35-15-7-9-17-39(35)44-41(37)26-28)23-31(25-34)29-20-22-38-36-16-8-10-18-40(36)45-42(38)27-29/h1-27H. The lowest BCUT2D eigenvalue weighted by atomic mass is 9.96. The van der Waals surface area contributed by atoms with Gasteiger partial charge in [0.25, 0.3) is 0 Å². The van der Waals surface area contributed by atoms with Crippen molar-refractivity contribution in [2.45, 2.75) is 0 Å². The van der Waals surface area contributed by atoms with Gasteiger partial charge in [-0.3, -0.25) is 0 Å². The van der Waals surface area contributed by atoms with Crippen molar-refractivity contribution in [2.24, 2.45) is 0 Å². The van der Waals surface area contributed by atoms with Crippen molar-refractivity contribution >= 4 is 60.9 Å². The first kappa shape index (κ1) is 25.4. The van der Waals surface area contributed by atoms with E-state index in [0.717, 1.165) is 83.2 Å². The van der Waals surface area contributed by atoms with Gasteiger partial charge in [-0.1, -0.05) is 84.9 Å². The molecule has 0 saturated heterocycles. The van der Waals surface area contributed by atoms with Crippen molar-refractivity contribution in [3.05, 3.63) is 164 Å². The highest BCUT2D eigenvalue weighted by Gasteiger charge is 2.17. The molecule has 9 rings (SSSR count). The molecule has 2 heterocycles. The molecule has 0 aliphatic heterocycles. The number of benzene rings is 7. The molecule has 9 aromatic rings. The fraction of sp³-hybridized carbons (Fsp3) is 0. The van der Waals surface area contributed by atoms with Crippen LogP contribution in [0, 0.1) is 0 Å². The van der Waals surface area contributed by atoms with Crippen LogP contribution >= 0.6 is 0 Å². The van der Waals surface area contributed by atoms with Crippen LogP contribution in [-0.2, 0) is 0 Å². The number of anilines is 3. The van der Waals surface area contributed by atoms with Crippen molar-refractivity contribution < 1.29 is 8.83 Å². The van der Waals surface area contributed by atoms with E-state index in [4.69, 9.17) is 8.83 Å². The SMILES string of the molecule is c1ccc(N(c2ccccc2)c2cc(-c3ccc4c(c3)oc3ccccc34)cc(-c3ccc4c(c3)oc3ccccc34)c2)cc1. The second kappa shape index (κ2) is 10.3. The van der Waals surface area contributed by atoms with E-state index in [1.807, 2.05) is 24.3 Å². The van der Waals surface area contributed by atoms with Crippen LogP contribution in [0.5, 0.6) is 0 Å². The van der Waals surface area contributed by atoms with Crippen LogP contribution in [0.25, 0.3) is 66.1 Å². The topological polar surface area (TPSA) is 29.5 Å². The number of para-hydroxylation sites is 4. The van der Waals surface area contributed by atoms with Gasteiger partial charge in [0.05, 0.1) is 0 Å². The Morgan fingerprint density at radius 1 is 0.289 bits per heavy atom. The Hall–Kier alpha value is -6.06. The second-order valence-corrected chi connectivity index (χ2v) is 11.4. The first-order chi connectivity index (χ1) is 22.3. The van der Waals surface area contributed by atoms with Crippen molar-refractivity contribution in [1.82, 2.24) is 0 Å². The van der Waals surface area contributed by atoms with E-state index in [9.17, 15) is 0 Å². The molecule has 0 spiro atoms. The largest absolute Gasteiger partial charge is 0.456 e. The molecule has 0 bridgehead atoms. The lowest BCUT2D eigenvalue weighted by molar-refractivity contribution is 0.668. The minimum atomic E-state index is 0.882. The lowest BCUT2D eigenvalue weighted by Gasteiger charge is -2.26. The smallest absolute Gasteiger partial charge is 0.136 e. The van der Waals surface area contributed by atoms with Gasteiger partial charge >= 0.3 is 0 Å². The Morgan fingerprint density at radius 3 is 1.20 bits per heavy atom. The van der Waals surface area contributed by atoms with Crippen molar-refractivity contribution in [1.29, 1.82) is 0 Å². The highest BCUT2D eigenvalue weighted by Crippen LogP contribution is 2.41. The third-order valence-electron chi connectivity index (χ3n) is 8.63. The van der Waals surface area contributed by atoms with Crippen LogP contribution in [0.2, 0.25) is 0 Å². The number of hydrogen-bond donors (Lipinski definition) is 0. The Kier molecular flexibility index (Phi) is 5.82. The second-order valence-electron chi connectivity index (χ2n) is 11.4. The Bertz CT molecular complexity index is 2320. The molecular weight excluding hydrogens is 550 g/mol. The molecular formula is C42H27NO2. The van der Waals surface area contributed by atoms with Gasteiger partial charge in [0.15, 0.2) is 0 Å². The molecule has 3 nitrogen and oxygen atoms in total. The predicted molar refractivity (Wildman–Crippen MR) is 187 cm³/mol. The Labute approximate surface area is 260 Å². The molecule has 2 aromatic heterocycles. The van der Waals surface area contributed by atoms with Crippen LogP contribution in [0.1, 0.15) is 0 Å². The van der Waals surface area contributed by atoms with Gasteiger partial charge in [-0.2, -0.15) is 0 Å². The molecule has 3 heteroatoms. The third kappa shape index (κ3) is 4.37. The maximum atomic E-state index is 6.30. The third-order valence-corrected chi connectivity index (χ3v) is 8.63. The quantitative estimate of drug-likeness (QED) is 0.204. The number of fused-ring (bicyclic) bond motifs is 6. The van der Waals surface area contributed by atoms with Gasteiger partial charge in [-0.05, 0) is 101 Å². The van der Waals surface area contributed by atoms with Gasteiger partial charge in [0.1, 0.15) is 22.3 Å². The minimum Gasteiger partial charge on any atom is -0.456 e. The molecule has 0 unspecified atom stereocenters. The van der Waals surface area contributed by atoms with Gasteiger partial charge in [-0.15, -0.1) is 0 Å². The Morgan fingerprint density at radius 2 is 0.711 bits per heavy atom. The maximum Gasteiger partial charge on any atom is 0.136 e. The summed E-state index contributed by atoms with van der Waals surface area (Å²) in [6.07, 6.45) is 0. The fourth-order valence-corrected chi connectivity index (χ4v) is 6.49. The minimum absolute atomic E-state index is 0.882. The first-order valence-corrected chi connectivity index (χ1v) is 15.2. The molecule has 0 fully saturated rings. The summed E-state index contributed by atoms with van der Waals surface area (Å²) in [5, 5.41) is 4.51. The van der Waals surface area contributed by atoms with Crippen LogP contribution < -0.4 is 4.90 Å². The van der Waals surface area contributed by atoms with Crippen LogP contribution in [0.15, 0.2) is 173 Å². The molecule has 0 amide bonds.